The summed E-state index contributed by atoms with van der Waals surface area (Å²) in [5, 5.41) is 5.84. The van der Waals surface area contributed by atoms with Crippen LogP contribution in [0, 0.1) is 0 Å². The van der Waals surface area contributed by atoms with Crippen LogP contribution in [0.3, 0.4) is 0 Å². The van der Waals surface area contributed by atoms with Gasteiger partial charge in [-0.3, -0.25) is 4.79 Å². The van der Waals surface area contributed by atoms with Crippen molar-refractivity contribution in [1.29, 1.82) is 0 Å². The van der Waals surface area contributed by atoms with E-state index in [0.29, 0.717) is 17.1 Å². The van der Waals surface area contributed by atoms with Gasteiger partial charge in [-0.05, 0) is 49.8 Å². The second kappa shape index (κ2) is 8.98. The van der Waals surface area contributed by atoms with E-state index in [1.54, 1.807) is 23.6 Å². The molecule has 0 aliphatic rings. The molecule has 1 atom stereocenters. The first kappa shape index (κ1) is 18.6. The molecule has 0 saturated carbocycles. The standard InChI is InChI=1S/C20H21N3OS2/c1-23(2)17(18-11-7-13-25-18)14-22-19(24)16-10-6-12-21-20(16)26-15-8-4-3-5-9-15/h3-13,17H,14H2,1-2H3,(H,22,24)/t17-/m0/s1. The molecule has 1 amide bonds. The van der Waals surface area contributed by atoms with Gasteiger partial charge in [-0.15, -0.1) is 11.3 Å². The van der Waals surface area contributed by atoms with E-state index in [9.17, 15) is 4.79 Å². The van der Waals surface area contributed by atoms with Crippen LogP contribution >= 0.6 is 23.1 Å². The van der Waals surface area contributed by atoms with Crippen molar-refractivity contribution in [2.45, 2.75) is 16.0 Å². The predicted octanol–water partition coefficient (Wildman–Crippen LogP) is 4.33. The molecule has 134 valence electrons. The van der Waals surface area contributed by atoms with Crippen LogP contribution in [0.25, 0.3) is 0 Å². The lowest BCUT2D eigenvalue weighted by atomic mass is 10.2. The molecule has 0 fully saturated rings. The van der Waals surface area contributed by atoms with Crippen molar-refractivity contribution in [1.82, 2.24) is 15.2 Å². The predicted molar refractivity (Wildman–Crippen MR) is 108 cm³/mol. The normalized spacial score (nSPS) is 12.1. The Hall–Kier alpha value is -2.15. The third kappa shape index (κ3) is 4.72. The second-order valence-electron chi connectivity index (χ2n) is 5.98. The van der Waals surface area contributed by atoms with E-state index in [-0.39, 0.29) is 11.9 Å². The molecule has 26 heavy (non-hydrogen) atoms. The lowest BCUT2D eigenvalue weighted by molar-refractivity contribution is 0.0938. The van der Waals surface area contributed by atoms with E-state index in [0.717, 1.165) is 4.90 Å². The van der Waals surface area contributed by atoms with Gasteiger partial charge in [0, 0.05) is 22.5 Å². The highest BCUT2D eigenvalue weighted by Crippen LogP contribution is 2.28. The average Bonchev–Trinajstić information content (AvgIpc) is 3.17. The van der Waals surface area contributed by atoms with E-state index in [4.69, 9.17) is 0 Å². The van der Waals surface area contributed by atoms with E-state index < -0.39 is 0 Å². The van der Waals surface area contributed by atoms with Crippen molar-refractivity contribution < 1.29 is 4.79 Å². The van der Waals surface area contributed by atoms with Gasteiger partial charge in [0.05, 0.1) is 11.6 Å². The van der Waals surface area contributed by atoms with Crippen molar-refractivity contribution in [2.75, 3.05) is 20.6 Å². The molecule has 0 saturated heterocycles. The number of likely N-dealkylation sites (N-methyl/N-ethyl adjacent to an activating group) is 1. The number of nitrogens with one attached hydrogen (secondary N) is 1. The van der Waals surface area contributed by atoms with Gasteiger partial charge in [0.25, 0.3) is 5.91 Å². The number of rotatable bonds is 7. The molecular weight excluding hydrogens is 362 g/mol. The fourth-order valence-electron chi connectivity index (χ4n) is 2.55. The van der Waals surface area contributed by atoms with Crippen LogP contribution in [0.5, 0.6) is 0 Å². The molecule has 3 aromatic rings. The summed E-state index contributed by atoms with van der Waals surface area (Å²) < 4.78 is 0. The topological polar surface area (TPSA) is 45.2 Å². The minimum atomic E-state index is -0.0973. The number of aromatic nitrogens is 1. The molecule has 0 unspecified atom stereocenters. The van der Waals surface area contributed by atoms with Crippen molar-refractivity contribution in [3.63, 3.8) is 0 Å². The Labute approximate surface area is 162 Å². The maximum Gasteiger partial charge on any atom is 0.254 e. The van der Waals surface area contributed by atoms with E-state index >= 15 is 0 Å². The quantitative estimate of drug-likeness (QED) is 0.660. The molecule has 4 nitrogen and oxygen atoms in total. The number of hydrogen-bond acceptors (Lipinski definition) is 5. The highest BCUT2D eigenvalue weighted by Gasteiger charge is 2.18. The molecule has 1 aromatic carbocycles. The van der Waals surface area contributed by atoms with Crippen LogP contribution in [0.4, 0.5) is 0 Å². The zero-order valence-electron chi connectivity index (χ0n) is 14.8. The van der Waals surface area contributed by atoms with Gasteiger partial charge in [-0.1, -0.05) is 36.0 Å². The summed E-state index contributed by atoms with van der Waals surface area (Å²) in [4.78, 5) is 21.6. The minimum Gasteiger partial charge on any atom is -0.350 e. The van der Waals surface area contributed by atoms with Gasteiger partial charge in [0.2, 0.25) is 0 Å². The first-order valence-electron chi connectivity index (χ1n) is 8.31. The summed E-state index contributed by atoms with van der Waals surface area (Å²) in [6.07, 6.45) is 1.72. The first-order chi connectivity index (χ1) is 12.6. The number of benzene rings is 1. The number of amides is 1. The average molecular weight is 384 g/mol. The molecule has 0 radical (unpaired) electrons. The maximum atomic E-state index is 12.8. The zero-order chi connectivity index (χ0) is 18.4. The number of carbonyl (C=O) groups excluding carboxylic acids is 1. The van der Waals surface area contributed by atoms with Crippen LogP contribution in [0.15, 0.2) is 76.1 Å². The molecule has 6 heteroatoms. The number of pyridine rings is 1. The maximum absolute atomic E-state index is 12.8. The van der Waals surface area contributed by atoms with Crippen LogP contribution in [0.2, 0.25) is 0 Å². The fraction of sp³-hybridized carbons (Fsp3) is 0.200. The lowest BCUT2D eigenvalue weighted by Gasteiger charge is -2.23. The summed E-state index contributed by atoms with van der Waals surface area (Å²) in [6.45, 7) is 0.552. The number of hydrogen-bond donors (Lipinski definition) is 1. The Morgan fingerprint density at radius 1 is 1.15 bits per heavy atom. The van der Waals surface area contributed by atoms with E-state index in [1.165, 1.54) is 16.6 Å². The van der Waals surface area contributed by atoms with Crippen LogP contribution in [-0.2, 0) is 0 Å². The number of carbonyl (C=O) groups is 1. The SMILES string of the molecule is CN(C)[C@@H](CNC(=O)c1cccnc1Sc1ccccc1)c1cccs1. The molecule has 3 rings (SSSR count). The summed E-state index contributed by atoms with van der Waals surface area (Å²) >= 11 is 3.20. The molecule has 1 N–H and O–H groups in total. The smallest absolute Gasteiger partial charge is 0.254 e. The van der Waals surface area contributed by atoms with Gasteiger partial charge >= 0.3 is 0 Å². The van der Waals surface area contributed by atoms with Crippen molar-refractivity contribution >= 4 is 29.0 Å². The van der Waals surface area contributed by atoms with Crippen molar-refractivity contribution in [2.24, 2.45) is 0 Å². The van der Waals surface area contributed by atoms with Crippen LogP contribution < -0.4 is 5.32 Å². The van der Waals surface area contributed by atoms with Crippen LogP contribution in [-0.4, -0.2) is 36.4 Å². The highest BCUT2D eigenvalue weighted by atomic mass is 32.2. The van der Waals surface area contributed by atoms with E-state index in [1.807, 2.05) is 56.6 Å². The summed E-state index contributed by atoms with van der Waals surface area (Å²) in [7, 11) is 4.05. The molecule has 2 heterocycles. The van der Waals surface area contributed by atoms with Crippen molar-refractivity contribution in [3.8, 4) is 0 Å². The number of nitrogens with zero attached hydrogens (tertiary/aromatic N) is 2. The van der Waals surface area contributed by atoms with Gasteiger partial charge in [0.1, 0.15) is 5.03 Å². The fourth-order valence-corrected chi connectivity index (χ4v) is 4.37. The Kier molecular flexibility index (Phi) is 6.44. The largest absolute Gasteiger partial charge is 0.350 e. The Balaban J connectivity index is 1.72. The third-order valence-electron chi connectivity index (χ3n) is 3.92. The van der Waals surface area contributed by atoms with Crippen LogP contribution in [0.1, 0.15) is 21.3 Å². The summed E-state index contributed by atoms with van der Waals surface area (Å²) in [5.41, 5.74) is 0.602. The zero-order valence-corrected chi connectivity index (χ0v) is 16.4. The Morgan fingerprint density at radius 3 is 2.65 bits per heavy atom. The molecule has 0 bridgehead atoms. The Morgan fingerprint density at radius 2 is 1.96 bits per heavy atom. The molecular formula is C20H21N3OS2. The minimum absolute atomic E-state index is 0.0973. The monoisotopic (exact) mass is 383 g/mol. The lowest BCUT2D eigenvalue weighted by Crippen LogP contribution is -2.34. The molecule has 0 aliphatic carbocycles. The third-order valence-corrected chi connectivity index (χ3v) is 5.92. The van der Waals surface area contributed by atoms with Gasteiger partial charge < -0.3 is 10.2 Å². The molecule has 0 aliphatic heterocycles. The van der Waals surface area contributed by atoms with Gasteiger partial charge in [-0.2, -0.15) is 0 Å². The van der Waals surface area contributed by atoms with Crippen molar-refractivity contribution in [3.05, 3.63) is 76.6 Å². The second-order valence-corrected chi connectivity index (χ2v) is 8.02. The first-order valence-corrected chi connectivity index (χ1v) is 10.0. The van der Waals surface area contributed by atoms with E-state index in [2.05, 4.69) is 26.6 Å². The Bertz CT molecular complexity index is 835. The van der Waals surface area contributed by atoms with Gasteiger partial charge in [-0.25, -0.2) is 4.98 Å². The molecule has 2 aromatic heterocycles. The number of thiophene rings is 1. The summed E-state index contributed by atoms with van der Waals surface area (Å²) in [6, 6.07) is 17.9. The highest BCUT2D eigenvalue weighted by molar-refractivity contribution is 7.99. The molecule has 0 spiro atoms. The van der Waals surface area contributed by atoms with Gasteiger partial charge in [0.15, 0.2) is 0 Å². The summed E-state index contributed by atoms with van der Waals surface area (Å²) in [5.74, 6) is -0.0973.